The summed E-state index contributed by atoms with van der Waals surface area (Å²) >= 11 is 0. The summed E-state index contributed by atoms with van der Waals surface area (Å²) < 4.78 is 54.9. The maximum absolute atomic E-state index is 13.2. The Morgan fingerprint density at radius 3 is 2.52 bits per heavy atom. The van der Waals surface area contributed by atoms with Crippen LogP contribution in [0.4, 0.5) is 0 Å². The van der Waals surface area contributed by atoms with Crippen molar-refractivity contribution in [2.75, 3.05) is 19.6 Å². The molecule has 2 aliphatic carbocycles. The minimum atomic E-state index is -3.55. The first kappa shape index (κ1) is 16.2. The molecule has 0 N–H and O–H groups in total. The van der Waals surface area contributed by atoms with Gasteiger partial charge in [-0.25, -0.2) is 16.8 Å². The molecule has 25 heavy (non-hydrogen) atoms. The Hall–Kier alpha value is -0.960. The summed E-state index contributed by atoms with van der Waals surface area (Å²) in [5.41, 5.74) is 0.0594. The molecule has 0 amide bonds. The first-order valence-electron chi connectivity index (χ1n) is 8.97. The lowest BCUT2D eigenvalue weighted by Crippen LogP contribution is -2.47. The van der Waals surface area contributed by atoms with E-state index in [9.17, 15) is 16.8 Å². The van der Waals surface area contributed by atoms with Gasteiger partial charge in [0.25, 0.3) is 0 Å². The first-order valence-corrected chi connectivity index (χ1v) is 11.9. The summed E-state index contributed by atoms with van der Waals surface area (Å²) in [4.78, 5) is 0.362. The largest absolute Gasteiger partial charge is 0.244 e. The zero-order valence-electron chi connectivity index (χ0n) is 14.0. The molecule has 1 unspecified atom stereocenters. The van der Waals surface area contributed by atoms with Crippen LogP contribution in [0.5, 0.6) is 0 Å². The van der Waals surface area contributed by atoms with Crippen LogP contribution in [0.2, 0.25) is 0 Å². The van der Waals surface area contributed by atoms with E-state index in [0.29, 0.717) is 30.3 Å². The highest BCUT2D eigenvalue weighted by atomic mass is 32.2. The molecule has 0 aromatic heterocycles. The van der Waals surface area contributed by atoms with Crippen molar-refractivity contribution in [3.8, 4) is 0 Å². The van der Waals surface area contributed by atoms with Crippen LogP contribution in [0.1, 0.15) is 37.7 Å². The van der Waals surface area contributed by atoms with Crippen molar-refractivity contribution in [1.82, 2.24) is 8.61 Å². The minimum absolute atomic E-state index is 0.257. The van der Waals surface area contributed by atoms with Gasteiger partial charge in [-0.2, -0.15) is 8.61 Å². The molecule has 2 aliphatic heterocycles. The van der Waals surface area contributed by atoms with Gasteiger partial charge in [-0.05, 0) is 49.7 Å². The lowest BCUT2D eigenvalue weighted by atomic mass is 9.89. The summed E-state index contributed by atoms with van der Waals surface area (Å²) in [6, 6.07) is 7.14. The molecule has 2 heterocycles. The molecule has 6 nitrogen and oxygen atoms in total. The third-order valence-electron chi connectivity index (χ3n) is 6.07. The number of fused-ring (bicyclic) bond motifs is 2. The number of sulfonamides is 2. The summed E-state index contributed by atoms with van der Waals surface area (Å²) in [6.07, 6.45) is 4.12. The molecule has 5 rings (SSSR count). The maximum Gasteiger partial charge on any atom is 0.244 e. The van der Waals surface area contributed by atoms with Gasteiger partial charge in [0, 0.05) is 19.6 Å². The Labute approximate surface area is 148 Å². The third-order valence-corrected chi connectivity index (χ3v) is 10.4. The lowest BCUT2D eigenvalue weighted by molar-refractivity contribution is 0.204. The number of hydrogen-bond acceptors (Lipinski definition) is 4. The van der Waals surface area contributed by atoms with Crippen molar-refractivity contribution in [3.05, 3.63) is 29.8 Å². The van der Waals surface area contributed by atoms with E-state index < -0.39 is 25.6 Å². The predicted octanol–water partition coefficient (Wildman–Crippen LogP) is 1.49. The van der Waals surface area contributed by atoms with Gasteiger partial charge in [-0.1, -0.05) is 18.2 Å². The molecule has 136 valence electrons. The first-order chi connectivity index (χ1) is 11.9. The molecule has 1 aromatic rings. The zero-order chi connectivity index (χ0) is 17.4. The summed E-state index contributed by atoms with van der Waals surface area (Å²) in [6.45, 7) is 1.17. The molecule has 3 fully saturated rings. The van der Waals surface area contributed by atoms with Crippen molar-refractivity contribution >= 4 is 20.0 Å². The number of nitrogens with zero attached hydrogens (tertiary/aromatic N) is 2. The Morgan fingerprint density at radius 1 is 1.12 bits per heavy atom. The van der Waals surface area contributed by atoms with Gasteiger partial charge < -0.3 is 0 Å². The minimum Gasteiger partial charge on any atom is -0.212 e. The van der Waals surface area contributed by atoms with Crippen LogP contribution in [-0.4, -0.2) is 50.3 Å². The average Bonchev–Trinajstić information content (AvgIpc) is 3.50. The molecular weight excluding hydrogens is 360 g/mol. The SMILES string of the molecule is O=S1(=O)c2ccccc2C2(CCN(S(=O)(=O)C3CC3)C2)N1CC1CC1. The highest BCUT2D eigenvalue weighted by molar-refractivity contribution is 7.90. The van der Waals surface area contributed by atoms with E-state index in [2.05, 4.69) is 0 Å². The van der Waals surface area contributed by atoms with Crippen LogP contribution in [0.25, 0.3) is 0 Å². The molecule has 0 radical (unpaired) electrons. The summed E-state index contributed by atoms with van der Waals surface area (Å²) in [5, 5.41) is -0.257. The molecule has 1 spiro atoms. The summed E-state index contributed by atoms with van der Waals surface area (Å²) in [7, 11) is -6.85. The smallest absolute Gasteiger partial charge is 0.212 e. The molecule has 1 saturated heterocycles. The van der Waals surface area contributed by atoms with Crippen molar-refractivity contribution in [3.63, 3.8) is 0 Å². The molecule has 4 aliphatic rings. The van der Waals surface area contributed by atoms with Gasteiger partial charge in [0.05, 0.1) is 15.7 Å². The average molecular weight is 383 g/mol. The van der Waals surface area contributed by atoms with Crippen LogP contribution in [0, 0.1) is 5.92 Å². The van der Waals surface area contributed by atoms with Gasteiger partial charge in [-0.15, -0.1) is 0 Å². The van der Waals surface area contributed by atoms with Gasteiger partial charge in [0.1, 0.15) is 0 Å². The van der Waals surface area contributed by atoms with Crippen molar-refractivity contribution in [2.45, 2.75) is 47.8 Å². The maximum atomic E-state index is 13.2. The molecule has 1 atom stereocenters. The number of benzene rings is 1. The van der Waals surface area contributed by atoms with Crippen LogP contribution in [0.15, 0.2) is 29.2 Å². The van der Waals surface area contributed by atoms with E-state index in [4.69, 9.17) is 0 Å². The quantitative estimate of drug-likeness (QED) is 0.791. The highest BCUT2D eigenvalue weighted by Gasteiger charge is 2.59. The fourth-order valence-electron chi connectivity index (χ4n) is 4.34. The van der Waals surface area contributed by atoms with Crippen molar-refractivity contribution in [1.29, 1.82) is 0 Å². The topological polar surface area (TPSA) is 74.8 Å². The van der Waals surface area contributed by atoms with Crippen molar-refractivity contribution < 1.29 is 16.8 Å². The normalized spacial score (nSPS) is 32.3. The van der Waals surface area contributed by atoms with Crippen LogP contribution in [0.3, 0.4) is 0 Å². The Morgan fingerprint density at radius 2 is 1.84 bits per heavy atom. The van der Waals surface area contributed by atoms with E-state index in [-0.39, 0.29) is 11.8 Å². The Bertz CT molecular complexity index is 935. The zero-order valence-corrected chi connectivity index (χ0v) is 15.6. The van der Waals surface area contributed by atoms with E-state index >= 15 is 0 Å². The van der Waals surface area contributed by atoms with Crippen LogP contribution < -0.4 is 0 Å². The molecule has 0 bridgehead atoms. The van der Waals surface area contributed by atoms with E-state index in [0.717, 1.165) is 31.2 Å². The summed E-state index contributed by atoms with van der Waals surface area (Å²) in [5.74, 6) is 0.412. The lowest BCUT2D eigenvalue weighted by Gasteiger charge is -2.34. The molecule has 1 aromatic carbocycles. The fourth-order valence-corrected chi connectivity index (χ4v) is 8.37. The van der Waals surface area contributed by atoms with E-state index in [1.165, 1.54) is 0 Å². The van der Waals surface area contributed by atoms with E-state index in [1.807, 2.05) is 12.1 Å². The fraction of sp³-hybridized carbons (Fsp3) is 0.647. The Kier molecular flexibility index (Phi) is 3.28. The standard InChI is InChI=1S/C17H22N2O4S2/c20-24(21,14-7-8-14)18-10-9-17(12-18)15-3-1-2-4-16(15)25(22,23)19(17)11-13-5-6-13/h1-4,13-14H,5-12H2. The Balaban J connectivity index is 1.60. The predicted molar refractivity (Wildman–Crippen MR) is 92.9 cm³/mol. The molecular formula is C17H22N2O4S2. The van der Waals surface area contributed by atoms with Crippen LogP contribution >= 0.6 is 0 Å². The highest BCUT2D eigenvalue weighted by Crippen LogP contribution is 2.52. The molecule has 2 saturated carbocycles. The van der Waals surface area contributed by atoms with Crippen LogP contribution in [-0.2, 0) is 25.6 Å². The number of hydrogen-bond donors (Lipinski definition) is 0. The van der Waals surface area contributed by atoms with Gasteiger partial charge in [0.15, 0.2) is 0 Å². The molecule has 8 heteroatoms. The van der Waals surface area contributed by atoms with Gasteiger partial charge in [-0.3, -0.25) is 0 Å². The second-order valence-corrected chi connectivity index (χ2v) is 11.9. The third kappa shape index (κ3) is 2.27. The second-order valence-electron chi connectivity index (χ2n) is 7.84. The number of rotatable bonds is 4. The monoisotopic (exact) mass is 382 g/mol. The second kappa shape index (κ2) is 5.06. The van der Waals surface area contributed by atoms with Crippen molar-refractivity contribution in [2.24, 2.45) is 5.92 Å². The van der Waals surface area contributed by atoms with Gasteiger partial charge in [0.2, 0.25) is 20.0 Å². The van der Waals surface area contributed by atoms with E-state index in [1.54, 1.807) is 20.7 Å². The van der Waals surface area contributed by atoms with Gasteiger partial charge >= 0.3 is 0 Å².